The molecule has 0 radical (unpaired) electrons. The van der Waals surface area contributed by atoms with E-state index in [0.29, 0.717) is 55.4 Å². The van der Waals surface area contributed by atoms with Crippen molar-refractivity contribution in [2.75, 3.05) is 39.8 Å². The summed E-state index contributed by atoms with van der Waals surface area (Å²) < 4.78 is 23.7. The van der Waals surface area contributed by atoms with Gasteiger partial charge in [0.05, 0.1) is 19.3 Å². The minimum Gasteiger partial charge on any atom is -0.467 e. The second kappa shape index (κ2) is 10.1. The van der Waals surface area contributed by atoms with Crippen molar-refractivity contribution in [1.29, 1.82) is 0 Å². The predicted octanol–water partition coefficient (Wildman–Crippen LogP) is 4.19. The maximum atomic E-state index is 13.4. The second-order valence-electron chi connectivity index (χ2n) is 9.80. The van der Waals surface area contributed by atoms with Crippen molar-refractivity contribution in [1.82, 2.24) is 24.8 Å². The Labute approximate surface area is 229 Å². The largest absolute Gasteiger partial charge is 0.467 e. The molecule has 10 nitrogen and oxygen atoms in total. The number of amides is 1. The summed E-state index contributed by atoms with van der Waals surface area (Å²) in [6, 6.07) is 17.6. The summed E-state index contributed by atoms with van der Waals surface area (Å²) >= 11 is 6.17. The predicted molar refractivity (Wildman–Crippen MR) is 142 cm³/mol. The number of hydrogen-bond acceptors (Lipinski definition) is 8. The molecule has 1 saturated heterocycles. The van der Waals surface area contributed by atoms with Crippen LogP contribution in [0.3, 0.4) is 0 Å². The van der Waals surface area contributed by atoms with Crippen LogP contribution in [0.15, 0.2) is 54.6 Å². The van der Waals surface area contributed by atoms with Crippen molar-refractivity contribution < 1.29 is 23.7 Å². The quantitative estimate of drug-likeness (QED) is 0.377. The highest BCUT2D eigenvalue weighted by atomic mass is 35.5. The zero-order chi connectivity index (χ0) is 26.3. The number of piperazine rings is 1. The first kappa shape index (κ1) is 24.3. The zero-order valence-electron chi connectivity index (χ0n) is 21.1. The van der Waals surface area contributed by atoms with Gasteiger partial charge in [-0.25, -0.2) is 4.79 Å². The van der Waals surface area contributed by atoms with E-state index in [1.54, 1.807) is 18.2 Å². The molecule has 3 aliphatic heterocycles. The van der Waals surface area contributed by atoms with Crippen LogP contribution in [0.5, 0.6) is 11.5 Å². The number of fused-ring (bicyclic) bond motifs is 3. The Morgan fingerprint density at radius 3 is 2.10 bits per heavy atom. The Balaban J connectivity index is 1.17. The number of hydrogen-bond donors (Lipinski definition) is 0. The monoisotopic (exact) mass is 547 g/mol. The van der Waals surface area contributed by atoms with Crippen LogP contribution in [0, 0.1) is 0 Å². The SMILES string of the molecule is O=C(N1CCN(C(c2ccc3c(c2)COCO3)c2ccc3c(c2)COCO3)CC1)n1nnc2ccc(Cl)cc21. The number of carbonyl (C=O) groups is 1. The molecule has 1 amide bonds. The van der Waals surface area contributed by atoms with Crippen LogP contribution in [0.2, 0.25) is 5.02 Å². The lowest BCUT2D eigenvalue weighted by Gasteiger charge is -2.40. The first-order valence-electron chi connectivity index (χ1n) is 12.8. The molecular weight excluding hydrogens is 522 g/mol. The van der Waals surface area contributed by atoms with Crippen molar-refractivity contribution in [3.05, 3.63) is 81.9 Å². The van der Waals surface area contributed by atoms with Gasteiger partial charge in [0.15, 0.2) is 13.6 Å². The highest BCUT2D eigenvalue weighted by Gasteiger charge is 2.31. The molecule has 0 saturated carbocycles. The van der Waals surface area contributed by atoms with E-state index in [4.69, 9.17) is 30.5 Å². The van der Waals surface area contributed by atoms with Gasteiger partial charge >= 0.3 is 6.03 Å². The van der Waals surface area contributed by atoms with Crippen molar-refractivity contribution >= 4 is 28.7 Å². The van der Waals surface area contributed by atoms with Crippen LogP contribution in [0.4, 0.5) is 4.79 Å². The van der Waals surface area contributed by atoms with Crippen molar-refractivity contribution in [3.63, 3.8) is 0 Å². The molecule has 0 atom stereocenters. The van der Waals surface area contributed by atoms with Gasteiger partial charge in [-0.2, -0.15) is 4.68 Å². The summed E-state index contributed by atoms with van der Waals surface area (Å²) in [7, 11) is 0. The molecular formula is C28H26ClN5O5. The molecule has 0 bridgehead atoms. The number of halogens is 1. The Bertz CT molecular complexity index is 1490. The lowest BCUT2D eigenvalue weighted by molar-refractivity contribution is -0.0165. The fourth-order valence-corrected chi connectivity index (χ4v) is 5.68. The summed E-state index contributed by atoms with van der Waals surface area (Å²) in [6.45, 7) is 4.01. The van der Waals surface area contributed by atoms with Crippen LogP contribution in [0.1, 0.15) is 28.3 Å². The van der Waals surface area contributed by atoms with Gasteiger partial charge in [0, 0.05) is 42.3 Å². The number of ether oxygens (including phenoxy) is 4. The normalized spacial score (nSPS) is 17.4. The Morgan fingerprint density at radius 1 is 0.821 bits per heavy atom. The molecule has 1 fully saturated rings. The third-order valence-corrected chi connectivity index (χ3v) is 7.68. The molecule has 0 unspecified atom stereocenters. The summed E-state index contributed by atoms with van der Waals surface area (Å²) in [5.41, 5.74) is 5.56. The number of aromatic nitrogens is 3. The summed E-state index contributed by atoms with van der Waals surface area (Å²) in [4.78, 5) is 17.6. The molecule has 0 aliphatic carbocycles. The number of carbonyl (C=O) groups excluding carboxylic acids is 1. The molecule has 39 heavy (non-hydrogen) atoms. The minimum absolute atomic E-state index is 0.0345. The fraction of sp³-hybridized carbons (Fsp3) is 0.321. The van der Waals surface area contributed by atoms with Gasteiger partial charge in [-0.1, -0.05) is 28.9 Å². The van der Waals surface area contributed by atoms with Crippen molar-refractivity contribution in [3.8, 4) is 11.5 Å². The first-order chi connectivity index (χ1) is 19.1. The number of rotatable bonds is 3. The lowest BCUT2D eigenvalue weighted by atomic mass is 9.93. The van der Waals surface area contributed by atoms with Gasteiger partial charge in [-0.3, -0.25) is 4.90 Å². The lowest BCUT2D eigenvalue weighted by Crippen LogP contribution is -2.51. The van der Waals surface area contributed by atoms with E-state index in [-0.39, 0.29) is 25.7 Å². The standard InChI is InChI=1S/C28H26ClN5O5/c29-22-3-4-23-24(13-22)34(31-30-23)28(35)33-9-7-32(8-10-33)27(18-1-5-25-20(11-18)14-36-16-38-25)19-2-6-26-21(12-19)15-37-17-39-26/h1-6,11-13,27H,7-10,14-17H2. The van der Waals surface area contributed by atoms with E-state index in [2.05, 4.69) is 39.5 Å². The molecule has 200 valence electrons. The molecule has 1 aromatic heterocycles. The molecule has 4 aromatic rings. The van der Waals surface area contributed by atoms with Gasteiger partial charge in [-0.15, -0.1) is 5.10 Å². The Morgan fingerprint density at radius 2 is 1.46 bits per heavy atom. The smallest absolute Gasteiger partial charge is 0.346 e. The van der Waals surface area contributed by atoms with Gasteiger partial charge in [0.25, 0.3) is 0 Å². The van der Waals surface area contributed by atoms with Crippen molar-refractivity contribution in [2.24, 2.45) is 0 Å². The molecule has 0 N–H and O–H groups in total. The Kier molecular flexibility index (Phi) is 6.32. The van der Waals surface area contributed by atoms with E-state index in [0.717, 1.165) is 33.8 Å². The molecule has 11 heteroatoms. The van der Waals surface area contributed by atoms with Gasteiger partial charge < -0.3 is 23.8 Å². The maximum Gasteiger partial charge on any atom is 0.346 e. The minimum atomic E-state index is -0.206. The number of nitrogens with zero attached hydrogens (tertiary/aromatic N) is 5. The van der Waals surface area contributed by atoms with Crippen molar-refractivity contribution in [2.45, 2.75) is 19.3 Å². The van der Waals surface area contributed by atoms with E-state index in [9.17, 15) is 4.79 Å². The zero-order valence-corrected chi connectivity index (χ0v) is 21.8. The third-order valence-electron chi connectivity index (χ3n) is 7.45. The highest BCUT2D eigenvalue weighted by Crippen LogP contribution is 2.36. The van der Waals surface area contributed by atoms with Gasteiger partial charge in [0.2, 0.25) is 0 Å². The topological polar surface area (TPSA) is 91.2 Å². The van der Waals surface area contributed by atoms with Crippen LogP contribution in [0.25, 0.3) is 11.0 Å². The van der Waals surface area contributed by atoms with E-state index in [1.165, 1.54) is 4.68 Å². The van der Waals surface area contributed by atoms with Crippen LogP contribution < -0.4 is 9.47 Å². The van der Waals surface area contributed by atoms with Gasteiger partial charge in [0.1, 0.15) is 22.5 Å². The summed E-state index contributed by atoms with van der Waals surface area (Å²) in [5, 5.41) is 8.76. The van der Waals surface area contributed by atoms with E-state index in [1.807, 2.05) is 17.0 Å². The molecule has 3 aromatic carbocycles. The number of benzene rings is 3. The molecule has 7 rings (SSSR count). The average Bonchev–Trinajstić information content (AvgIpc) is 3.40. The fourth-order valence-electron chi connectivity index (χ4n) is 5.51. The molecule has 0 spiro atoms. The van der Waals surface area contributed by atoms with E-state index < -0.39 is 0 Å². The molecule has 4 heterocycles. The van der Waals surface area contributed by atoms with Gasteiger partial charge in [-0.05, 0) is 53.6 Å². The summed E-state index contributed by atoms with van der Waals surface area (Å²) in [6.07, 6.45) is 0. The summed E-state index contributed by atoms with van der Waals surface area (Å²) in [5.74, 6) is 1.71. The van der Waals surface area contributed by atoms with Crippen LogP contribution in [-0.4, -0.2) is 70.6 Å². The van der Waals surface area contributed by atoms with Crippen LogP contribution in [-0.2, 0) is 22.7 Å². The first-order valence-corrected chi connectivity index (χ1v) is 13.2. The Hall–Kier alpha value is -3.70. The third kappa shape index (κ3) is 4.59. The van der Waals surface area contributed by atoms with E-state index >= 15 is 0 Å². The second-order valence-corrected chi connectivity index (χ2v) is 10.2. The average molecular weight is 548 g/mol. The highest BCUT2D eigenvalue weighted by molar-refractivity contribution is 6.31. The maximum absolute atomic E-state index is 13.4. The molecule has 3 aliphatic rings. The van der Waals surface area contributed by atoms with Crippen LogP contribution >= 0.6 is 11.6 Å².